The standard InChI is InChI=1S/C16H25N3O/c1-13(2)19(14-7-4-3-5-8-14)16(20)12-18-10-6-9-15(18)11-17/h3-5,7-8,13,15H,6,9-12,17H2,1-2H3. The van der Waals surface area contributed by atoms with Crippen LogP contribution in [-0.4, -0.2) is 42.5 Å². The molecule has 1 unspecified atom stereocenters. The van der Waals surface area contributed by atoms with Crippen LogP contribution in [0.4, 0.5) is 5.69 Å². The van der Waals surface area contributed by atoms with Gasteiger partial charge in [-0.05, 0) is 45.4 Å². The summed E-state index contributed by atoms with van der Waals surface area (Å²) in [5.74, 6) is 0.159. The Morgan fingerprint density at radius 3 is 2.70 bits per heavy atom. The third-order valence-corrected chi connectivity index (χ3v) is 3.93. The Balaban J connectivity index is 2.08. The van der Waals surface area contributed by atoms with Gasteiger partial charge in [-0.3, -0.25) is 9.69 Å². The Morgan fingerprint density at radius 1 is 1.40 bits per heavy atom. The van der Waals surface area contributed by atoms with E-state index in [1.807, 2.05) is 35.2 Å². The van der Waals surface area contributed by atoms with E-state index in [2.05, 4.69) is 18.7 Å². The molecule has 0 spiro atoms. The highest BCUT2D eigenvalue weighted by atomic mass is 16.2. The van der Waals surface area contributed by atoms with Crippen LogP contribution in [0.1, 0.15) is 26.7 Å². The Morgan fingerprint density at radius 2 is 2.10 bits per heavy atom. The zero-order valence-electron chi connectivity index (χ0n) is 12.5. The molecular formula is C16H25N3O. The average Bonchev–Trinajstić information content (AvgIpc) is 2.86. The van der Waals surface area contributed by atoms with E-state index in [9.17, 15) is 4.79 Å². The summed E-state index contributed by atoms with van der Waals surface area (Å²) >= 11 is 0. The van der Waals surface area contributed by atoms with Crippen LogP contribution in [0.2, 0.25) is 0 Å². The lowest BCUT2D eigenvalue weighted by molar-refractivity contribution is -0.120. The predicted octanol–water partition coefficient (Wildman–Crippen LogP) is 1.85. The SMILES string of the molecule is CC(C)N(C(=O)CN1CCCC1CN)c1ccccc1. The number of anilines is 1. The molecule has 1 aliphatic rings. The van der Waals surface area contributed by atoms with Crippen LogP contribution in [0.5, 0.6) is 0 Å². The van der Waals surface area contributed by atoms with Crippen LogP contribution in [0.3, 0.4) is 0 Å². The second-order valence-electron chi connectivity index (χ2n) is 5.70. The zero-order valence-corrected chi connectivity index (χ0v) is 12.5. The van der Waals surface area contributed by atoms with E-state index in [4.69, 9.17) is 5.73 Å². The van der Waals surface area contributed by atoms with Crippen molar-refractivity contribution in [3.8, 4) is 0 Å². The van der Waals surface area contributed by atoms with Gasteiger partial charge in [0.1, 0.15) is 0 Å². The van der Waals surface area contributed by atoms with Gasteiger partial charge in [-0.2, -0.15) is 0 Å². The van der Waals surface area contributed by atoms with Crippen molar-refractivity contribution in [2.24, 2.45) is 5.73 Å². The minimum absolute atomic E-state index is 0.156. The molecule has 4 nitrogen and oxygen atoms in total. The Kier molecular flexibility index (Phi) is 5.15. The minimum Gasteiger partial charge on any atom is -0.329 e. The van der Waals surface area contributed by atoms with E-state index in [-0.39, 0.29) is 11.9 Å². The summed E-state index contributed by atoms with van der Waals surface area (Å²) in [5.41, 5.74) is 6.75. The largest absolute Gasteiger partial charge is 0.329 e. The van der Waals surface area contributed by atoms with Crippen molar-refractivity contribution in [1.29, 1.82) is 0 Å². The highest BCUT2D eigenvalue weighted by Gasteiger charge is 2.28. The first-order chi connectivity index (χ1) is 9.63. The van der Waals surface area contributed by atoms with Crippen LogP contribution in [0, 0.1) is 0 Å². The molecule has 1 aromatic rings. The van der Waals surface area contributed by atoms with E-state index in [1.165, 1.54) is 0 Å². The third kappa shape index (κ3) is 3.38. The van der Waals surface area contributed by atoms with E-state index >= 15 is 0 Å². The molecule has 0 aliphatic carbocycles. The maximum atomic E-state index is 12.6. The molecule has 1 saturated heterocycles. The van der Waals surface area contributed by atoms with Crippen molar-refractivity contribution in [1.82, 2.24) is 4.90 Å². The number of nitrogens with two attached hydrogens (primary N) is 1. The van der Waals surface area contributed by atoms with E-state index in [1.54, 1.807) is 0 Å². The summed E-state index contributed by atoms with van der Waals surface area (Å²) in [4.78, 5) is 16.7. The van der Waals surface area contributed by atoms with Gasteiger partial charge in [0, 0.05) is 24.3 Å². The first-order valence-electron chi connectivity index (χ1n) is 7.44. The number of likely N-dealkylation sites (tertiary alicyclic amines) is 1. The van der Waals surface area contributed by atoms with Crippen molar-refractivity contribution >= 4 is 11.6 Å². The molecule has 2 N–H and O–H groups in total. The molecule has 110 valence electrons. The highest BCUT2D eigenvalue weighted by molar-refractivity contribution is 5.95. The molecule has 1 heterocycles. The number of carbonyl (C=O) groups is 1. The molecule has 1 aliphatic heterocycles. The van der Waals surface area contributed by atoms with Gasteiger partial charge in [0.25, 0.3) is 0 Å². The summed E-state index contributed by atoms with van der Waals surface area (Å²) in [7, 11) is 0. The Bertz CT molecular complexity index is 433. The predicted molar refractivity (Wildman–Crippen MR) is 82.7 cm³/mol. The van der Waals surface area contributed by atoms with Gasteiger partial charge >= 0.3 is 0 Å². The van der Waals surface area contributed by atoms with Crippen LogP contribution in [-0.2, 0) is 4.79 Å². The van der Waals surface area contributed by atoms with Crippen molar-refractivity contribution in [3.05, 3.63) is 30.3 Å². The molecule has 4 heteroatoms. The maximum absolute atomic E-state index is 12.6. The maximum Gasteiger partial charge on any atom is 0.241 e. The quantitative estimate of drug-likeness (QED) is 0.892. The third-order valence-electron chi connectivity index (χ3n) is 3.93. The molecule has 0 saturated carbocycles. The number of benzene rings is 1. The van der Waals surface area contributed by atoms with Crippen molar-refractivity contribution in [3.63, 3.8) is 0 Å². The number of nitrogens with zero attached hydrogens (tertiary/aromatic N) is 2. The van der Waals surface area contributed by atoms with E-state index in [0.717, 1.165) is 25.1 Å². The summed E-state index contributed by atoms with van der Waals surface area (Å²) in [6.45, 7) is 6.19. The second-order valence-corrected chi connectivity index (χ2v) is 5.70. The lowest BCUT2D eigenvalue weighted by Crippen LogP contribution is -2.46. The van der Waals surface area contributed by atoms with Gasteiger partial charge < -0.3 is 10.6 Å². The van der Waals surface area contributed by atoms with Gasteiger partial charge in [-0.15, -0.1) is 0 Å². The topological polar surface area (TPSA) is 49.6 Å². The van der Waals surface area contributed by atoms with Gasteiger partial charge in [0.05, 0.1) is 6.54 Å². The van der Waals surface area contributed by atoms with Gasteiger partial charge in [-0.1, -0.05) is 18.2 Å². The summed E-state index contributed by atoms with van der Waals surface area (Å²) in [6, 6.07) is 10.4. The molecule has 20 heavy (non-hydrogen) atoms. The number of rotatable bonds is 5. The molecule has 0 bridgehead atoms. The molecule has 0 aromatic heterocycles. The fourth-order valence-electron chi connectivity index (χ4n) is 2.94. The van der Waals surface area contributed by atoms with Crippen molar-refractivity contribution in [2.45, 2.75) is 38.8 Å². The van der Waals surface area contributed by atoms with Gasteiger partial charge in [-0.25, -0.2) is 0 Å². The lowest BCUT2D eigenvalue weighted by atomic mass is 10.2. The van der Waals surface area contributed by atoms with Crippen molar-refractivity contribution in [2.75, 3.05) is 24.5 Å². The molecule has 1 fully saturated rings. The second kappa shape index (κ2) is 6.86. The highest BCUT2D eigenvalue weighted by Crippen LogP contribution is 2.20. The van der Waals surface area contributed by atoms with Crippen LogP contribution >= 0.6 is 0 Å². The number of amides is 1. The number of carbonyl (C=O) groups excluding carboxylic acids is 1. The molecular weight excluding hydrogens is 250 g/mol. The minimum atomic E-state index is 0.156. The number of para-hydroxylation sites is 1. The molecule has 1 atom stereocenters. The van der Waals surface area contributed by atoms with Crippen LogP contribution < -0.4 is 10.6 Å². The zero-order chi connectivity index (χ0) is 14.5. The molecule has 1 amide bonds. The smallest absolute Gasteiger partial charge is 0.241 e. The monoisotopic (exact) mass is 275 g/mol. The van der Waals surface area contributed by atoms with Gasteiger partial charge in [0.2, 0.25) is 5.91 Å². The number of hydrogen-bond donors (Lipinski definition) is 1. The molecule has 1 aromatic carbocycles. The molecule has 2 rings (SSSR count). The van der Waals surface area contributed by atoms with Crippen LogP contribution in [0.15, 0.2) is 30.3 Å². The Hall–Kier alpha value is -1.39. The Labute approximate surface area is 121 Å². The summed E-state index contributed by atoms with van der Waals surface area (Å²) in [6.07, 6.45) is 2.25. The molecule has 0 radical (unpaired) electrons. The summed E-state index contributed by atoms with van der Waals surface area (Å²) < 4.78 is 0. The average molecular weight is 275 g/mol. The number of hydrogen-bond acceptors (Lipinski definition) is 3. The first kappa shape index (κ1) is 15.0. The van der Waals surface area contributed by atoms with E-state index < -0.39 is 0 Å². The first-order valence-corrected chi connectivity index (χ1v) is 7.44. The lowest BCUT2D eigenvalue weighted by Gasteiger charge is -2.30. The van der Waals surface area contributed by atoms with Crippen molar-refractivity contribution < 1.29 is 4.79 Å². The fraction of sp³-hybridized carbons (Fsp3) is 0.562. The van der Waals surface area contributed by atoms with Crippen LogP contribution in [0.25, 0.3) is 0 Å². The normalized spacial score (nSPS) is 19.5. The van der Waals surface area contributed by atoms with E-state index in [0.29, 0.717) is 19.1 Å². The van der Waals surface area contributed by atoms with Gasteiger partial charge in [0.15, 0.2) is 0 Å². The summed E-state index contributed by atoms with van der Waals surface area (Å²) in [5, 5.41) is 0. The fourth-order valence-corrected chi connectivity index (χ4v) is 2.94.